The number of nitrogens with zero attached hydrogens (tertiary/aromatic N) is 3. The largest absolute Gasteiger partial charge is 0.417 e. The van der Waals surface area contributed by atoms with E-state index in [0.29, 0.717) is 11.9 Å². The van der Waals surface area contributed by atoms with Crippen LogP contribution in [-0.4, -0.2) is 42.1 Å². The van der Waals surface area contributed by atoms with Gasteiger partial charge in [-0.1, -0.05) is 11.6 Å². The summed E-state index contributed by atoms with van der Waals surface area (Å²) in [5.74, 6) is 0.433. The summed E-state index contributed by atoms with van der Waals surface area (Å²) in [5.41, 5.74) is -0.813. The number of hydrogen-bond acceptors (Lipinski definition) is 3. The van der Waals surface area contributed by atoms with Crippen LogP contribution < -0.4 is 4.90 Å². The average molecular weight is 308 g/mol. The summed E-state index contributed by atoms with van der Waals surface area (Å²) in [6.07, 6.45) is -3.57. The van der Waals surface area contributed by atoms with Gasteiger partial charge in [-0.15, -0.1) is 0 Å². The molecule has 1 aliphatic rings. The Morgan fingerprint density at radius 3 is 2.25 bits per heavy atom. The molecule has 0 amide bonds. The predicted octanol–water partition coefficient (Wildman–Crippen LogP) is 3.28. The molecule has 0 bridgehead atoms. The van der Waals surface area contributed by atoms with Crippen LogP contribution in [0.2, 0.25) is 5.02 Å². The molecule has 2 heterocycles. The van der Waals surface area contributed by atoms with E-state index in [1.807, 2.05) is 4.90 Å². The maximum Gasteiger partial charge on any atom is 0.417 e. The normalized spacial score (nSPS) is 17.9. The molecule has 1 aromatic heterocycles. The van der Waals surface area contributed by atoms with Crippen molar-refractivity contribution in [2.45, 2.75) is 26.1 Å². The van der Waals surface area contributed by atoms with Gasteiger partial charge in [0.05, 0.1) is 10.6 Å². The Balaban J connectivity index is 2.11. The molecule has 0 atom stereocenters. The highest BCUT2D eigenvalue weighted by molar-refractivity contribution is 6.33. The molecule has 3 nitrogen and oxygen atoms in total. The zero-order valence-corrected chi connectivity index (χ0v) is 12.2. The monoisotopic (exact) mass is 307 g/mol. The van der Waals surface area contributed by atoms with Crippen molar-refractivity contribution in [3.05, 3.63) is 22.8 Å². The number of pyridine rings is 1. The topological polar surface area (TPSA) is 19.4 Å². The highest BCUT2D eigenvalue weighted by atomic mass is 35.5. The molecule has 20 heavy (non-hydrogen) atoms. The van der Waals surface area contributed by atoms with Crippen molar-refractivity contribution >= 4 is 17.4 Å². The summed E-state index contributed by atoms with van der Waals surface area (Å²) in [7, 11) is 0. The molecule has 1 saturated heterocycles. The standard InChI is InChI=1S/C13H17ClF3N3/c1-9(2)19-3-5-20(6-4-19)12-11(14)7-10(8-18-12)13(15,16)17/h7-9H,3-6H2,1-2H3. The summed E-state index contributed by atoms with van der Waals surface area (Å²) in [4.78, 5) is 8.14. The number of piperazine rings is 1. The second kappa shape index (κ2) is 5.77. The van der Waals surface area contributed by atoms with Gasteiger partial charge in [0.1, 0.15) is 5.82 Å². The first-order valence-corrected chi connectivity index (χ1v) is 6.88. The minimum absolute atomic E-state index is 0.0535. The molecule has 1 aromatic rings. The van der Waals surface area contributed by atoms with Crippen LogP contribution in [0.5, 0.6) is 0 Å². The van der Waals surface area contributed by atoms with Gasteiger partial charge in [0.2, 0.25) is 0 Å². The number of alkyl halides is 3. The summed E-state index contributed by atoms with van der Waals surface area (Å²) in [5, 5.41) is 0.0535. The summed E-state index contributed by atoms with van der Waals surface area (Å²) < 4.78 is 37.7. The first-order chi connectivity index (χ1) is 9.29. The minimum Gasteiger partial charge on any atom is -0.353 e. The van der Waals surface area contributed by atoms with E-state index in [-0.39, 0.29) is 5.02 Å². The van der Waals surface area contributed by atoms with Crippen molar-refractivity contribution in [1.82, 2.24) is 9.88 Å². The van der Waals surface area contributed by atoms with Crippen LogP contribution in [0, 0.1) is 0 Å². The lowest BCUT2D eigenvalue weighted by molar-refractivity contribution is -0.137. The van der Waals surface area contributed by atoms with Crippen LogP contribution in [0.3, 0.4) is 0 Å². The quantitative estimate of drug-likeness (QED) is 0.836. The molecular formula is C13H17ClF3N3. The number of rotatable bonds is 2. The Morgan fingerprint density at radius 2 is 1.80 bits per heavy atom. The lowest BCUT2D eigenvalue weighted by Crippen LogP contribution is -2.49. The van der Waals surface area contributed by atoms with E-state index in [2.05, 4.69) is 23.7 Å². The van der Waals surface area contributed by atoms with Crippen LogP contribution in [-0.2, 0) is 6.18 Å². The average Bonchev–Trinajstić information content (AvgIpc) is 2.37. The van der Waals surface area contributed by atoms with Gasteiger partial charge in [-0.05, 0) is 19.9 Å². The molecule has 0 unspecified atom stereocenters. The smallest absolute Gasteiger partial charge is 0.353 e. The third-order valence-corrected chi connectivity index (χ3v) is 3.77. The van der Waals surface area contributed by atoms with Gasteiger partial charge in [-0.2, -0.15) is 13.2 Å². The lowest BCUT2D eigenvalue weighted by atomic mass is 10.2. The van der Waals surface area contributed by atoms with Crippen molar-refractivity contribution in [2.24, 2.45) is 0 Å². The van der Waals surface area contributed by atoms with Crippen LogP contribution in [0.1, 0.15) is 19.4 Å². The Kier molecular flexibility index (Phi) is 4.44. The summed E-state index contributed by atoms with van der Waals surface area (Å²) >= 11 is 5.95. The van der Waals surface area contributed by atoms with Gasteiger partial charge in [0.25, 0.3) is 0 Å². The molecule has 0 saturated carbocycles. The maximum atomic E-state index is 12.6. The van der Waals surface area contributed by atoms with Crippen LogP contribution in [0.15, 0.2) is 12.3 Å². The van der Waals surface area contributed by atoms with E-state index in [9.17, 15) is 13.2 Å². The molecule has 1 aliphatic heterocycles. The Hall–Kier alpha value is -1.01. The lowest BCUT2D eigenvalue weighted by Gasteiger charge is -2.37. The molecule has 7 heteroatoms. The molecule has 112 valence electrons. The van der Waals surface area contributed by atoms with Crippen LogP contribution in [0.25, 0.3) is 0 Å². The molecule has 1 fully saturated rings. The van der Waals surface area contributed by atoms with Gasteiger partial charge >= 0.3 is 6.18 Å². The Bertz CT molecular complexity index is 468. The van der Waals surface area contributed by atoms with Crippen molar-refractivity contribution in [3.63, 3.8) is 0 Å². The van der Waals surface area contributed by atoms with Gasteiger partial charge < -0.3 is 4.90 Å². The SMILES string of the molecule is CC(C)N1CCN(c2ncc(C(F)(F)F)cc2Cl)CC1. The van der Waals surface area contributed by atoms with Gasteiger partial charge in [-0.25, -0.2) is 4.98 Å². The Labute approximate surface area is 121 Å². The van der Waals surface area contributed by atoms with Crippen LogP contribution in [0.4, 0.5) is 19.0 Å². The minimum atomic E-state index is -4.41. The van der Waals surface area contributed by atoms with E-state index >= 15 is 0 Å². The number of hydrogen-bond donors (Lipinski definition) is 0. The molecule has 0 radical (unpaired) electrons. The molecule has 2 rings (SSSR count). The first-order valence-electron chi connectivity index (χ1n) is 6.51. The Morgan fingerprint density at radius 1 is 1.20 bits per heavy atom. The fourth-order valence-corrected chi connectivity index (χ4v) is 2.55. The number of aromatic nitrogens is 1. The number of anilines is 1. The second-order valence-corrected chi connectivity index (χ2v) is 5.55. The van der Waals surface area contributed by atoms with Crippen molar-refractivity contribution in [2.75, 3.05) is 31.1 Å². The second-order valence-electron chi connectivity index (χ2n) is 5.14. The highest BCUT2D eigenvalue weighted by Gasteiger charge is 2.32. The zero-order valence-electron chi connectivity index (χ0n) is 11.4. The van der Waals surface area contributed by atoms with E-state index in [4.69, 9.17) is 11.6 Å². The van der Waals surface area contributed by atoms with E-state index < -0.39 is 11.7 Å². The van der Waals surface area contributed by atoms with Crippen molar-refractivity contribution in [1.29, 1.82) is 0 Å². The van der Waals surface area contributed by atoms with E-state index in [0.717, 1.165) is 38.4 Å². The fourth-order valence-electron chi connectivity index (χ4n) is 2.27. The maximum absolute atomic E-state index is 12.6. The van der Waals surface area contributed by atoms with Gasteiger partial charge in [-0.3, -0.25) is 4.90 Å². The molecule has 0 aliphatic carbocycles. The molecule has 0 N–H and O–H groups in total. The van der Waals surface area contributed by atoms with Crippen molar-refractivity contribution < 1.29 is 13.2 Å². The van der Waals surface area contributed by atoms with Gasteiger partial charge in [0, 0.05) is 38.4 Å². The predicted molar refractivity (Wildman–Crippen MR) is 73.2 cm³/mol. The van der Waals surface area contributed by atoms with Crippen LogP contribution >= 0.6 is 11.6 Å². The van der Waals surface area contributed by atoms with E-state index in [1.54, 1.807) is 0 Å². The zero-order chi connectivity index (χ0) is 14.9. The third kappa shape index (κ3) is 3.35. The molecular weight excluding hydrogens is 291 g/mol. The first kappa shape index (κ1) is 15.4. The molecule has 0 spiro atoms. The summed E-state index contributed by atoms with van der Waals surface area (Å²) in [6.45, 7) is 7.40. The molecule has 0 aromatic carbocycles. The van der Waals surface area contributed by atoms with Gasteiger partial charge in [0.15, 0.2) is 0 Å². The summed E-state index contributed by atoms with van der Waals surface area (Å²) in [6, 6.07) is 1.41. The highest BCUT2D eigenvalue weighted by Crippen LogP contribution is 2.33. The van der Waals surface area contributed by atoms with Crippen molar-refractivity contribution in [3.8, 4) is 0 Å². The fraction of sp³-hybridized carbons (Fsp3) is 0.615. The van der Waals surface area contributed by atoms with E-state index in [1.165, 1.54) is 0 Å². The number of halogens is 4. The third-order valence-electron chi connectivity index (χ3n) is 3.49.